The molecule has 0 saturated carbocycles. The van der Waals surface area contributed by atoms with E-state index < -0.39 is 23.4 Å². The number of para-hydroxylation sites is 1. The van der Waals surface area contributed by atoms with Gasteiger partial charge in [0.2, 0.25) is 5.91 Å². The van der Waals surface area contributed by atoms with Gasteiger partial charge >= 0.3 is 11.9 Å². The Morgan fingerprint density at radius 3 is 2.49 bits per heavy atom. The van der Waals surface area contributed by atoms with Crippen LogP contribution in [0.5, 0.6) is 0 Å². The normalized spacial score (nSPS) is 10.7. The van der Waals surface area contributed by atoms with Crippen molar-refractivity contribution >= 4 is 45.1 Å². The summed E-state index contributed by atoms with van der Waals surface area (Å²) in [6.45, 7) is 1.43. The minimum atomic E-state index is -0.596. The van der Waals surface area contributed by atoms with Crippen LogP contribution in [0.4, 0.5) is 5.69 Å². The lowest BCUT2D eigenvalue weighted by atomic mass is 10.2. The lowest BCUT2D eigenvalue weighted by molar-refractivity contribution is -0.116. The molecule has 0 saturated heterocycles. The third kappa shape index (κ3) is 5.12. The molecule has 0 unspecified atom stereocenters. The molecule has 2 aromatic carbocycles. The topological polar surface area (TPSA) is 117 Å². The van der Waals surface area contributed by atoms with Gasteiger partial charge in [0.05, 0.1) is 30.1 Å². The first-order valence-corrected chi connectivity index (χ1v) is 11.4. The molecule has 0 radical (unpaired) electrons. The quantitative estimate of drug-likeness (QED) is 0.393. The number of nitrogens with zero attached hydrogens (tertiary/aromatic N) is 2. The van der Waals surface area contributed by atoms with Gasteiger partial charge < -0.3 is 14.8 Å². The Labute approximate surface area is 203 Å². The number of benzene rings is 2. The zero-order valence-electron chi connectivity index (χ0n) is 18.9. The highest BCUT2D eigenvalue weighted by molar-refractivity contribution is 7.20. The van der Waals surface area contributed by atoms with Crippen molar-refractivity contribution in [1.29, 1.82) is 0 Å². The van der Waals surface area contributed by atoms with Crippen LogP contribution in [0, 0.1) is 6.92 Å². The van der Waals surface area contributed by atoms with Gasteiger partial charge in [-0.05, 0) is 30.2 Å². The van der Waals surface area contributed by atoms with Crippen molar-refractivity contribution in [3.8, 4) is 0 Å². The molecule has 4 aromatic rings. The van der Waals surface area contributed by atoms with Gasteiger partial charge in [0.15, 0.2) is 0 Å². The van der Waals surface area contributed by atoms with Crippen molar-refractivity contribution in [2.75, 3.05) is 12.4 Å². The van der Waals surface area contributed by atoms with Gasteiger partial charge in [-0.3, -0.25) is 14.2 Å². The zero-order valence-corrected chi connectivity index (χ0v) is 19.8. The van der Waals surface area contributed by atoms with Crippen molar-refractivity contribution in [3.63, 3.8) is 0 Å². The molecule has 0 bridgehead atoms. The van der Waals surface area contributed by atoms with E-state index >= 15 is 0 Å². The Morgan fingerprint density at radius 1 is 1.03 bits per heavy atom. The molecule has 9 nitrogen and oxygen atoms in total. The number of esters is 2. The average molecular weight is 492 g/mol. The number of thiophene rings is 1. The molecule has 10 heteroatoms. The predicted molar refractivity (Wildman–Crippen MR) is 131 cm³/mol. The molecule has 2 aromatic heterocycles. The van der Waals surface area contributed by atoms with Crippen LogP contribution in [0.3, 0.4) is 0 Å². The predicted octanol–water partition coefficient (Wildman–Crippen LogP) is 3.55. The molecule has 0 aliphatic rings. The summed E-state index contributed by atoms with van der Waals surface area (Å²) in [5.74, 6) is -1.67. The molecule has 0 atom stereocenters. The van der Waals surface area contributed by atoms with Crippen LogP contribution in [0.15, 0.2) is 65.7 Å². The van der Waals surface area contributed by atoms with Crippen molar-refractivity contribution in [2.45, 2.75) is 20.1 Å². The maximum atomic E-state index is 13.1. The van der Waals surface area contributed by atoms with Crippen LogP contribution in [0.2, 0.25) is 0 Å². The Morgan fingerprint density at radius 2 is 1.74 bits per heavy atom. The second kappa shape index (κ2) is 10.3. The van der Waals surface area contributed by atoms with E-state index in [1.54, 1.807) is 25.1 Å². The minimum absolute atomic E-state index is 0.109. The maximum Gasteiger partial charge on any atom is 0.349 e. The van der Waals surface area contributed by atoms with E-state index in [9.17, 15) is 19.2 Å². The van der Waals surface area contributed by atoms with Crippen LogP contribution in [0.25, 0.3) is 10.2 Å². The largest absolute Gasteiger partial charge is 0.465 e. The Kier molecular flexibility index (Phi) is 7.02. The summed E-state index contributed by atoms with van der Waals surface area (Å²) in [4.78, 5) is 55.2. The highest BCUT2D eigenvalue weighted by atomic mass is 32.1. The molecular formula is C25H21N3O6S. The summed E-state index contributed by atoms with van der Waals surface area (Å²) in [5, 5.41) is 2.88. The number of carbonyl (C=O) groups excluding carboxylic acids is 3. The fourth-order valence-corrected chi connectivity index (χ4v) is 4.51. The molecule has 0 fully saturated rings. The van der Waals surface area contributed by atoms with Crippen molar-refractivity contribution in [2.24, 2.45) is 0 Å². The smallest absolute Gasteiger partial charge is 0.349 e. The first-order valence-electron chi connectivity index (χ1n) is 10.6. The van der Waals surface area contributed by atoms with Crippen LogP contribution in [-0.4, -0.2) is 34.5 Å². The highest BCUT2D eigenvalue weighted by Gasteiger charge is 2.21. The maximum absolute atomic E-state index is 13.1. The van der Waals surface area contributed by atoms with Gasteiger partial charge in [0.25, 0.3) is 5.56 Å². The molecule has 35 heavy (non-hydrogen) atoms. The summed E-state index contributed by atoms with van der Waals surface area (Å²) in [6, 6.07) is 15.7. The number of aryl methyl sites for hydroxylation is 1. The monoisotopic (exact) mass is 491 g/mol. The van der Waals surface area contributed by atoms with Gasteiger partial charge in [-0.1, -0.05) is 42.5 Å². The van der Waals surface area contributed by atoms with Gasteiger partial charge in [0.1, 0.15) is 22.9 Å². The van der Waals surface area contributed by atoms with Gasteiger partial charge in [-0.15, -0.1) is 11.3 Å². The number of methoxy groups -OCH3 is 1. The highest BCUT2D eigenvalue weighted by Crippen LogP contribution is 2.27. The first-order chi connectivity index (χ1) is 16.9. The summed E-state index contributed by atoms with van der Waals surface area (Å²) >= 11 is 1.07. The average Bonchev–Trinajstić information content (AvgIpc) is 3.21. The molecule has 0 spiro atoms. The Hall–Kier alpha value is -4.31. The van der Waals surface area contributed by atoms with E-state index in [2.05, 4.69) is 10.3 Å². The van der Waals surface area contributed by atoms with Gasteiger partial charge in [0, 0.05) is 0 Å². The van der Waals surface area contributed by atoms with E-state index in [0.717, 1.165) is 21.5 Å². The van der Waals surface area contributed by atoms with Crippen LogP contribution >= 0.6 is 11.3 Å². The standard InChI is InChI=1S/C25H21N3O6S/c1-15-20-22(35-21(15)25(32)34-13-16-8-4-3-5-9-16)26-14-28(23(20)30)12-19(29)27-18-11-7-6-10-17(18)24(31)33-2/h3-11,14H,12-13H2,1-2H3,(H,27,29). The van der Waals surface area contributed by atoms with E-state index in [4.69, 9.17) is 9.47 Å². The summed E-state index contributed by atoms with van der Waals surface area (Å²) < 4.78 is 11.3. The van der Waals surface area contributed by atoms with Crippen molar-refractivity contribution in [3.05, 3.63) is 92.8 Å². The number of anilines is 1. The third-order valence-corrected chi connectivity index (χ3v) is 6.42. The van der Waals surface area contributed by atoms with Crippen LogP contribution in [0.1, 0.15) is 31.2 Å². The molecule has 1 N–H and O–H groups in total. The SMILES string of the molecule is COC(=O)c1ccccc1NC(=O)Cn1cnc2sc(C(=O)OCc3ccccc3)c(C)c2c1=O. The van der Waals surface area contributed by atoms with E-state index in [-0.39, 0.29) is 34.7 Å². The minimum Gasteiger partial charge on any atom is -0.465 e. The number of amides is 1. The number of nitrogens with one attached hydrogen (secondary N) is 1. The van der Waals surface area contributed by atoms with Crippen molar-refractivity contribution in [1.82, 2.24) is 9.55 Å². The number of hydrogen-bond acceptors (Lipinski definition) is 8. The van der Waals surface area contributed by atoms with Gasteiger partial charge in [-0.25, -0.2) is 14.6 Å². The third-order valence-electron chi connectivity index (χ3n) is 5.24. The number of ether oxygens (including phenoxy) is 2. The second-order valence-electron chi connectivity index (χ2n) is 7.56. The molecule has 1 amide bonds. The van der Waals surface area contributed by atoms with E-state index in [0.29, 0.717) is 10.4 Å². The van der Waals surface area contributed by atoms with Crippen LogP contribution < -0.4 is 10.9 Å². The summed E-state index contributed by atoms with van der Waals surface area (Å²) in [7, 11) is 1.25. The molecule has 2 heterocycles. The van der Waals surface area contributed by atoms with Crippen molar-refractivity contribution < 1.29 is 23.9 Å². The molecule has 0 aliphatic heterocycles. The Bertz CT molecular complexity index is 1480. The summed E-state index contributed by atoms with van der Waals surface area (Å²) in [5.41, 5.74) is 1.30. The first kappa shape index (κ1) is 23.8. The molecule has 4 rings (SSSR count). The number of fused-ring (bicyclic) bond motifs is 1. The molecule has 0 aliphatic carbocycles. The Balaban J connectivity index is 1.53. The lowest BCUT2D eigenvalue weighted by Gasteiger charge is -2.10. The molecular weight excluding hydrogens is 470 g/mol. The second-order valence-corrected chi connectivity index (χ2v) is 8.56. The number of rotatable bonds is 7. The fourth-order valence-electron chi connectivity index (χ4n) is 3.48. The van der Waals surface area contributed by atoms with E-state index in [1.165, 1.54) is 19.5 Å². The molecule has 178 valence electrons. The zero-order chi connectivity index (χ0) is 24.9. The van der Waals surface area contributed by atoms with E-state index in [1.807, 2.05) is 30.3 Å². The van der Waals surface area contributed by atoms with Gasteiger partial charge in [-0.2, -0.15) is 0 Å². The lowest BCUT2D eigenvalue weighted by Crippen LogP contribution is -2.28. The number of carbonyl (C=O) groups is 3. The fraction of sp³-hybridized carbons (Fsp3) is 0.160. The number of hydrogen-bond donors (Lipinski definition) is 1. The summed E-state index contributed by atoms with van der Waals surface area (Å²) in [6.07, 6.45) is 1.26. The van der Waals surface area contributed by atoms with Crippen LogP contribution in [-0.2, 0) is 27.4 Å². The number of aromatic nitrogens is 2.